The van der Waals surface area contributed by atoms with E-state index in [-0.39, 0.29) is 0 Å². The molecule has 0 heterocycles. The Morgan fingerprint density at radius 2 is 2.06 bits per heavy atom. The van der Waals surface area contributed by atoms with E-state index in [1.54, 1.807) is 0 Å². The topological polar surface area (TPSA) is 38.0 Å². The van der Waals surface area contributed by atoms with E-state index in [0.717, 1.165) is 16.6 Å². The number of nitrogens with two attached hydrogens (primary N) is 1. The van der Waals surface area contributed by atoms with Crippen LogP contribution in [0.15, 0.2) is 22.7 Å². The van der Waals surface area contributed by atoms with Gasteiger partial charge in [-0.05, 0) is 47.0 Å². The molecule has 2 nitrogen and oxygen atoms in total. The maximum atomic E-state index is 5.85. The molecule has 1 aromatic rings. The third kappa shape index (κ3) is 5.40. The van der Waals surface area contributed by atoms with Gasteiger partial charge in [0.25, 0.3) is 0 Å². The predicted octanol–water partition coefficient (Wildman–Crippen LogP) is 4.47. The number of benzene rings is 1. The molecule has 0 aliphatic rings. The fraction of sp³-hybridized carbons (Fsp3) is 0.600. The quantitative estimate of drug-likeness (QED) is 0.695. The Morgan fingerprint density at radius 1 is 1.28 bits per heavy atom. The summed E-state index contributed by atoms with van der Waals surface area (Å²) in [7, 11) is 0. The average Bonchev–Trinajstić information content (AvgIpc) is 2.37. The second-order valence-electron chi connectivity index (χ2n) is 4.91. The fourth-order valence-corrected chi connectivity index (χ4v) is 2.40. The summed E-state index contributed by atoms with van der Waals surface area (Å²) in [6.45, 7) is 5.03. The molecule has 3 N–H and O–H groups in total. The summed E-state index contributed by atoms with van der Waals surface area (Å²) in [6, 6.07) is 6.73. The molecule has 1 atom stereocenters. The van der Waals surface area contributed by atoms with Gasteiger partial charge in [-0.25, -0.2) is 0 Å². The Labute approximate surface area is 119 Å². The Kier molecular flexibility index (Phi) is 7.36. The lowest BCUT2D eigenvalue weighted by Crippen LogP contribution is -2.28. The van der Waals surface area contributed by atoms with Crippen LogP contribution >= 0.6 is 15.9 Å². The first-order valence-corrected chi connectivity index (χ1v) is 7.69. The first-order valence-electron chi connectivity index (χ1n) is 6.90. The molecule has 0 bridgehead atoms. The minimum atomic E-state index is 0.375. The van der Waals surface area contributed by atoms with Crippen molar-refractivity contribution in [2.45, 2.75) is 52.0 Å². The molecule has 0 radical (unpaired) electrons. The molecule has 0 aliphatic heterocycles. The molecule has 1 aromatic carbocycles. The second kappa shape index (κ2) is 8.54. The molecule has 0 spiro atoms. The highest BCUT2D eigenvalue weighted by Gasteiger charge is 2.08. The van der Waals surface area contributed by atoms with Crippen LogP contribution in [0.3, 0.4) is 0 Å². The zero-order valence-corrected chi connectivity index (χ0v) is 13.1. The first-order chi connectivity index (χ1) is 8.67. The predicted molar refractivity (Wildman–Crippen MR) is 84.1 cm³/mol. The Hall–Kier alpha value is -0.540. The van der Waals surface area contributed by atoms with Gasteiger partial charge in [0.05, 0.1) is 0 Å². The van der Waals surface area contributed by atoms with E-state index >= 15 is 0 Å². The van der Waals surface area contributed by atoms with Crippen molar-refractivity contribution >= 4 is 21.6 Å². The van der Waals surface area contributed by atoms with Gasteiger partial charge in [0.2, 0.25) is 0 Å². The van der Waals surface area contributed by atoms with Gasteiger partial charge in [0, 0.05) is 22.7 Å². The number of halogens is 1. The SMILES string of the molecule is CCCCCCC(CN)Nc1cc(C)ccc1Br. The Balaban J connectivity index is 2.48. The molecular formula is C15H25BrN2. The van der Waals surface area contributed by atoms with Crippen molar-refractivity contribution < 1.29 is 0 Å². The molecule has 0 fully saturated rings. The van der Waals surface area contributed by atoms with E-state index in [9.17, 15) is 0 Å². The lowest BCUT2D eigenvalue weighted by atomic mass is 10.1. The molecule has 0 amide bonds. The van der Waals surface area contributed by atoms with Crippen LogP contribution < -0.4 is 11.1 Å². The largest absolute Gasteiger partial charge is 0.380 e. The maximum absolute atomic E-state index is 5.85. The van der Waals surface area contributed by atoms with Gasteiger partial charge in [0.1, 0.15) is 0 Å². The van der Waals surface area contributed by atoms with E-state index in [0.29, 0.717) is 12.6 Å². The highest BCUT2D eigenvalue weighted by molar-refractivity contribution is 9.10. The Morgan fingerprint density at radius 3 is 2.72 bits per heavy atom. The van der Waals surface area contributed by atoms with Crippen molar-refractivity contribution in [2.75, 3.05) is 11.9 Å². The van der Waals surface area contributed by atoms with Gasteiger partial charge >= 0.3 is 0 Å². The monoisotopic (exact) mass is 312 g/mol. The number of nitrogens with one attached hydrogen (secondary N) is 1. The number of aryl methyl sites for hydroxylation is 1. The van der Waals surface area contributed by atoms with Gasteiger partial charge in [-0.15, -0.1) is 0 Å². The smallest absolute Gasteiger partial charge is 0.0489 e. The molecule has 0 saturated carbocycles. The highest BCUT2D eigenvalue weighted by atomic mass is 79.9. The van der Waals surface area contributed by atoms with E-state index in [1.807, 2.05) is 0 Å². The standard InChI is InChI=1S/C15H25BrN2/c1-3-4-5-6-7-13(11-17)18-15-10-12(2)8-9-14(15)16/h8-10,13,18H,3-7,11,17H2,1-2H3. The van der Waals surface area contributed by atoms with Crippen LogP contribution in [-0.4, -0.2) is 12.6 Å². The molecule has 0 saturated heterocycles. The van der Waals surface area contributed by atoms with Crippen LogP contribution in [0.25, 0.3) is 0 Å². The summed E-state index contributed by atoms with van der Waals surface area (Å²) in [5, 5.41) is 3.54. The first kappa shape index (κ1) is 15.5. The van der Waals surface area contributed by atoms with Gasteiger partial charge in [0.15, 0.2) is 0 Å². The van der Waals surface area contributed by atoms with Crippen molar-refractivity contribution in [2.24, 2.45) is 5.73 Å². The summed E-state index contributed by atoms with van der Waals surface area (Å²) in [6.07, 6.45) is 6.32. The van der Waals surface area contributed by atoms with E-state index < -0.39 is 0 Å². The third-order valence-electron chi connectivity index (χ3n) is 3.17. The molecule has 3 heteroatoms. The van der Waals surface area contributed by atoms with E-state index in [2.05, 4.69) is 53.3 Å². The lowest BCUT2D eigenvalue weighted by Gasteiger charge is -2.19. The van der Waals surface area contributed by atoms with Crippen LogP contribution in [0.1, 0.15) is 44.6 Å². The van der Waals surface area contributed by atoms with E-state index in [1.165, 1.54) is 31.2 Å². The van der Waals surface area contributed by atoms with Crippen LogP contribution in [0, 0.1) is 6.92 Å². The molecule has 18 heavy (non-hydrogen) atoms. The molecule has 1 rings (SSSR count). The van der Waals surface area contributed by atoms with Gasteiger partial charge in [-0.2, -0.15) is 0 Å². The van der Waals surface area contributed by atoms with Gasteiger partial charge < -0.3 is 11.1 Å². The third-order valence-corrected chi connectivity index (χ3v) is 3.86. The number of hydrogen-bond donors (Lipinski definition) is 2. The second-order valence-corrected chi connectivity index (χ2v) is 5.76. The normalized spacial score (nSPS) is 12.4. The summed E-state index contributed by atoms with van der Waals surface area (Å²) in [4.78, 5) is 0. The molecular weight excluding hydrogens is 288 g/mol. The number of rotatable bonds is 8. The van der Waals surface area contributed by atoms with Crippen molar-refractivity contribution in [3.63, 3.8) is 0 Å². The van der Waals surface area contributed by atoms with Gasteiger partial charge in [-0.1, -0.05) is 38.7 Å². The van der Waals surface area contributed by atoms with Crippen molar-refractivity contribution in [3.05, 3.63) is 28.2 Å². The zero-order valence-electron chi connectivity index (χ0n) is 11.5. The van der Waals surface area contributed by atoms with Crippen LogP contribution in [0.5, 0.6) is 0 Å². The van der Waals surface area contributed by atoms with Crippen LogP contribution in [-0.2, 0) is 0 Å². The number of anilines is 1. The van der Waals surface area contributed by atoms with E-state index in [4.69, 9.17) is 5.73 Å². The number of hydrogen-bond acceptors (Lipinski definition) is 2. The van der Waals surface area contributed by atoms with Gasteiger partial charge in [-0.3, -0.25) is 0 Å². The highest BCUT2D eigenvalue weighted by Crippen LogP contribution is 2.24. The molecule has 0 aromatic heterocycles. The summed E-state index contributed by atoms with van der Waals surface area (Å²) in [5.41, 5.74) is 8.27. The zero-order chi connectivity index (χ0) is 13.4. The maximum Gasteiger partial charge on any atom is 0.0489 e. The lowest BCUT2D eigenvalue weighted by molar-refractivity contribution is 0.575. The number of unbranched alkanes of at least 4 members (excludes halogenated alkanes) is 3. The van der Waals surface area contributed by atoms with Crippen LogP contribution in [0.2, 0.25) is 0 Å². The molecule has 1 unspecified atom stereocenters. The molecule has 0 aliphatic carbocycles. The summed E-state index contributed by atoms with van der Waals surface area (Å²) < 4.78 is 1.11. The summed E-state index contributed by atoms with van der Waals surface area (Å²) >= 11 is 3.58. The Bertz CT molecular complexity index is 352. The van der Waals surface area contributed by atoms with Crippen molar-refractivity contribution in [1.82, 2.24) is 0 Å². The molecule has 102 valence electrons. The van der Waals surface area contributed by atoms with Crippen LogP contribution in [0.4, 0.5) is 5.69 Å². The fourth-order valence-electron chi connectivity index (χ4n) is 2.04. The summed E-state index contributed by atoms with van der Waals surface area (Å²) in [5.74, 6) is 0. The van der Waals surface area contributed by atoms with Crippen molar-refractivity contribution in [1.29, 1.82) is 0 Å². The minimum absolute atomic E-state index is 0.375. The minimum Gasteiger partial charge on any atom is -0.380 e. The average molecular weight is 313 g/mol. The van der Waals surface area contributed by atoms with Crippen molar-refractivity contribution in [3.8, 4) is 0 Å².